The van der Waals surface area contributed by atoms with Gasteiger partial charge in [-0.05, 0) is 24.7 Å². The molecular formula is C13H22N2O3. The van der Waals surface area contributed by atoms with Gasteiger partial charge in [0.15, 0.2) is 0 Å². The van der Waals surface area contributed by atoms with Crippen LogP contribution in [0.4, 0.5) is 4.79 Å². The summed E-state index contributed by atoms with van der Waals surface area (Å²) in [6.45, 7) is 9.21. The Labute approximate surface area is 108 Å². The van der Waals surface area contributed by atoms with Gasteiger partial charge in [-0.2, -0.15) is 0 Å². The molecule has 2 amide bonds. The first-order valence-electron chi connectivity index (χ1n) is 6.25. The molecule has 102 valence electrons. The van der Waals surface area contributed by atoms with Crippen LogP contribution in [0.15, 0.2) is 12.7 Å². The number of hydrogen-bond donors (Lipinski definition) is 2. The molecule has 0 bridgehead atoms. The molecule has 1 aliphatic heterocycles. The summed E-state index contributed by atoms with van der Waals surface area (Å²) in [5, 5.41) is 11.5. The molecule has 1 atom stereocenters. The summed E-state index contributed by atoms with van der Waals surface area (Å²) >= 11 is 0. The van der Waals surface area contributed by atoms with Crippen LogP contribution >= 0.6 is 0 Å². The zero-order chi connectivity index (χ0) is 13.8. The molecule has 0 radical (unpaired) electrons. The first-order chi connectivity index (χ1) is 8.35. The summed E-state index contributed by atoms with van der Waals surface area (Å²) < 4.78 is 0. The molecule has 18 heavy (non-hydrogen) atoms. The van der Waals surface area contributed by atoms with Crippen LogP contribution in [0.2, 0.25) is 0 Å². The van der Waals surface area contributed by atoms with Gasteiger partial charge in [0.25, 0.3) is 0 Å². The summed E-state index contributed by atoms with van der Waals surface area (Å²) in [4.78, 5) is 24.5. The lowest BCUT2D eigenvalue weighted by Gasteiger charge is -2.37. The van der Waals surface area contributed by atoms with E-state index in [1.165, 1.54) is 6.08 Å². The van der Waals surface area contributed by atoms with Gasteiger partial charge >= 0.3 is 12.0 Å². The maximum atomic E-state index is 11.9. The summed E-state index contributed by atoms with van der Waals surface area (Å²) in [6.07, 6.45) is 3.62. The highest BCUT2D eigenvalue weighted by Gasteiger charge is 2.29. The Morgan fingerprint density at radius 1 is 1.44 bits per heavy atom. The number of rotatable bonds is 4. The van der Waals surface area contributed by atoms with Crippen LogP contribution in [-0.4, -0.2) is 41.1 Å². The van der Waals surface area contributed by atoms with Crippen LogP contribution in [0.25, 0.3) is 0 Å². The number of nitrogens with zero attached hydrogens (tertiary/aromatic N) is 1. The topological polar surface area (TPSA) is 69.6 Å². The standard InChI is InChI=1S/C13H22N2O3/c1-4-5-10(11(16)17)14-12(18)15-8-6-13(2,3)7-9-15/h4,10H,1,5-9H2,2-3H3,(H,14,18)(H,16,17). The first kappa shape index (κ1) is 14.5. The Kier molecular flexibility index (Phi) is 4.76. The van der Waals surface area contributed by atoms with Gasteiger partial charge in [0, 0.05) is 13.1 Å². The Hall–Kier alpha value is -1.52. The highest BCUT2D eigenvalue weighted by molar-refractivity contribution is 5.82. The van der Waals surface area contributed by atoms with E-state index in [4.69, 9.17) is 5.11 Å². The van der Waals surface area contributed by atoms with E-state index < -0.39 is 12.0 Å². The number of piperidine rings is 1. The maximum absolute atomic E-state index is 11.9. The number of amides is 2. The smallest absolute Gasteiger partial charge is 0.326 e. The molecule has 1 unspecified atom stereocenters. The Bertz CT molecular complexity index is 329. The third kappa shape index (κ3) is 4.05. The van der Waals surface area contributed by atoms with Gasteiger partial charge in [0.1, 0.15) is 6.04 Å². The molecule has 2 N–H and O–H groups in total. The number of likely N-dealkylation sites (tertiary alicyclic amines) is 1. The normalized spacial score (nSPS) is 20.0. The zero-order valence-corrected chi connectivity index (χ0v) is 11.1. The van der Waals surface area contributed by atoms with Gasteiger partial charge in [-0.15, -0.1) is 6.58 Å². The van der Waals surface area contributed by atoms with Crippen LogP contribution in [0, 0.1) is 5.41 Å². The van der Waals surface area contributed by atoms with Crippen LogP contribution in [0.3, 0.4) is 0 Å². The minimum atomic E-state index is -1.03. The number of carboxylic acid groups (broad SMARTS) is 1. The molecule has 5 nitrogen and oxygen atoms in total. The molecule has 1 saturated heterocycles. The highest BCUT2D eigenvalue weighted by atomic mass is 16.4. The van der Waals surface area contributed by atoms with E-state index in [-0.39, 0.29) is 17.9 Å². The van der Waals surface area contributed by atoms with Gasteiger partial charge in [0.05, 0.1) is 0 Å². The van der Waals surface area contributed by atoms with Crippen molar-refractivity contribution in [3.63, 3.8) is 0 Å². The van der Waals surface area contributed by atoms with Crippen molar-refractivity contribution >= 4 is 12.0 Å². The predicted octanol–water partition coefficient (Wildman–Crippen LogP) is 1.85. The van der Waals surface area contributed by atoms with Crippen molar-refractivity contribution in [2.24, 2.45) is 5.41 Å². The average Bonchev–Trinajstić information content (AvgIpc) is 2.28. The summed E-state index contributed by atoms with van der Waals surface area (Å²) in [5.74, 6) is -1.03. The second kappa shape index (κ2) is 5.89. The van der Waals surface area contributed by atoms with Gasteiger partial charge in [-0.25, -0.2) is 9.59 Å². The zero-order valence-electron chi connectivity index (χ0n) is 11.1. The van der Waals surface area contributed by atoms with Gasteiger partial charge in [-0.3, -0.25) is 0 Å². The number of carboxylic acids is 1. The fourth-order valence-corrected chi connectivity index (χ4v) is 1.94. The third-order valence-electron chi connectivity index (χ3n) is 3.40. The molecule has 5 heteroatoms. The monoisotopic (exact) mass is 254 g/mol. The van der Waals surface area contributed by atoms with Crippen LogP contribution in [0.5, 0.6) is 0 Å². The van der Waals surface area contributed by atoms with Crippen LogP contribution in [-0.2, 0) is 4.79 Å². The minimum Gasteiger partial charge on any atom is -0.480 e. The molecule has 1 heterocycles. The summed E-state index contributed by atoms with van der Waals surface area (Å²) in [7, 11) is 0. The number of hydrogen-bond acceptors (Lipinski definition) is 2. The van der Waals surface area contributed by atoms with Crippen LogP contribution < -0.4 is 5.32 Å². The molecule has 0 aromatic rings. The Morgan fingerprint density at radius 3 is 2.44 bits per heavy atom. The minimum absolute atomic E-state index is 0.237. The molecule has 0 aromatic carbocycles. The van der Waals surface area contributed by atoms with E-state index in [2.05, 4.69) is 25.7 Å². The SMILES string of the molecule is C=CCC(NC(=O)N1CCC(C)(C)CC1)C(=O)O. The molecular weight excluding hydrogens is 232 g/mol. The lowest BCUT2D eigenvalue weighted by atomic mass is 9.83. The van der Waals surface area contributed by atoms with E-state index in [1.54, 1.807) is 4.90 Å². The van der Waals surface area contributed by atoms with Crippen molar-refractivity contribution in [3.8, 4) is 0 Å². The summed E-state index contributed by atoms with van der Waals surface area (Å²) in [6, 6.07) is -1.18. The third-order valence-corrected chi connectivity index (χ3v) is 3.40. The molecule has 1 rings (SSSR count). The number of urea groups is 1. The van der Waals surface area contributed by atoms with E-state index in [1.807, 2.05) is 0 Å². The van der Waals surface area contributed by atoms with Gasteiger partial charge in [-0.1, -0.05) is 19.9 Å². The van der Waals surface area contributed by atoms with Crippen molar-refractivity contribution < 1.29 is 14.7 Å². The van der Waals surface area contributed by atoms with E-state index in [0.29, 0.717) is 13.1 Å². The first-order valence-corrected chi connectivity index (χ1v) is 6.25. The highest BCUT2D eigenvalue weighted by Crippen LogP contribution is 2.29. The van der Waals surface area contributed by atoms with Crippen molar-refractivity contribution in [2.45, 2.75) is 39.2 Å². The van der Waals surface area contributed by atoms with Crippen molar-refractivity contribution in [1.29, 1.82) is 0 Å². The quantitative estimate of drug-likeness (QED) is 0.752. The molecule has 1 aliphatic rings. The largest absolute Gasteiger partial charge is 0.480 e. The second-order valence-electron chi connectivity index (χ2n) is 5.52. The fourth-order valence-electron chi connectivity index (χ4n) is 1.94. The second-order valence-corrected chi connectivity index (χ2v) is 5.52. The molecule has 0 spiro atoms. The average molecular weight is 254 g/mol. The van der Waals surface area contributed by atoms with E-state index in [0.717, 1.165) is 12.8 Å². The lowest BCUT2D eigenvalue weighted by molar-refractivity contribution is -0.139. The van der Waals surface area contributed by atoms with E-state index in [9.17, 15) is 9.59 Å². The molecule has 0 aromatic heterocycles. The summed E-state index contributed by atoms with van der Waals surface area (Å²) in [5.41, 5.74) is 0.268. The Morgan fingerprint density at radius 2 is 2.00 bits per heavy atom. The van der Waals surface area contributed by atoms with Crippen molar-refractivity contribution in [1.82, 2.24) is 10.2 Å². The fraction of sp³-hybridized carbons (Fsp3) is 0.692. The molecule has 1 fully saturated rings. The number of aliphatic carboxylic acids is 1. The van der Waals surface area contributed by atoms with Crippen LogP contribution in [0.1, 0.15) is 33.1 Å². The number of nitrogens with one attached hydrogen (secondary N) is 1. The molecule has 0 aliphatic carbocycles. The Balaban J connectivity index is 2.50. The van der Waals surface area contributed by atoms with Gasteiger partial charge in [0.2, 0.25) is 0 Å². The maximum Gasteiger partial charge on any atom is 0.326 e. The van der Waals surface area contributed by atoms with Crippen molar-refractivity contribution in [3.05, 3.63) is 12.7 Å². The number of carbonyl (C=O) groups excluding carboxylic acids is 1. The van der Waals surface area contributed by atoms with Gasteiger partial charge < -0.3 is 15.3 Å². The van der Waals surface area contributed by atoms with Crippen molar-refractivity contribution in [2.75, 3.05) is 13.1 Å². The van der Waals surface area contributed by atoms with E-state index >= 15 is 0 Å². The number of carbonyl (C=O) groups is 2. The predicted molar refractivity (Wildman–Crippen MR) is 69.4 cm³/mol. The molecule has 0 saturated carbocycles. The lowest BCUT2D eigenvalue weighted by Crippen LogP contribution is -2.50.